The zero-order valence-corrected chi connectivity index (χ0v) is 10.1. The molecule has 0 saturated heterocycles. The number of Topliss-reactive ketones (excluding diaryl/α,β-unsaturated/α-hetero) is 1. The molecule has 2 nitrogen and oxygen atoms in total. The van der Waals surface area contributed by atoms with E-state index in [1.54, 1.807) is 0 Å². The van der Waals surface area contributed by atoms with Gasteiger partial charge in [-0.25, -0.2) is 0 Å². The van der Waals surface area contributed by atoms with Crippen LogP contribution in [0.3, 0.4) is 0 Å². The molecule has 1 aromatic rings. The normalized spacial score (nSPS) is 24.6. The maximum atomic E-state index is 11.9. The second-order valence-corrected chi connectivity index (χ2v) is 4.63. The number of carbonyl (C=O) groups is 1. The molecule has 1 atom stereocenters. The van der Waals surface area contributed by atoms with E-state index >= 15 is 0 Å². The summed E-state index contributed by atoms with van der Waals surface area (Å²) < 4.78 is 0. The number of likely N-dealkylation sites (N-methyl/N-ethyl adjacent to an activating group) is 1. The minimum Gasteiger partial charge on any atom is -0.298 e. The van der Waals surface area contributed by atoms with Gasteiger partial charge in [-0.05, 0) is 32.0 Å². The zero-order chi connectivity index (χ0) is 11.6. The molecular weight excluding hydrogens is 198 g/mol. The smallest absolute Gasteiger partial charge is 0.153 e. The summed E-state index contributed by atoms with van der Waals surface area (Å²) in [6, 6.07) is 10.3. The molecule has 1 aliphatic carbocycles. The number of carbonyl (C=O) groups excluding carboxylic acids is 1. The van der Waals surface area contributed by atoms with Crippen molar-refractivity contribution in [1.29, 1.82) is 0 Å². The van der Waals surface area contributed by atoms with E-state index in [1.165, 1.54) is 5.56 Å². The third-order valence-corrected chi connectivity index (χ3v) is 3.83. The largest absolute Gasteiger partial charge is 0.298 e. The Morgan fingerprint density at radius 1 is 1.31 bits per heavy atom. The predicted molar refractivity (Wildman–Crippen MR) is 65.4 cm³/mol. The van der Waals surface area contributed by atoms with Crippen molar-refractivity contribution in [3.63, 3.8) is 0 Å². The lowest BCUT2D eigenvalue weighted by atomic mass is 9.70. The Balaban J connectivity index is 2.19. The molecule has 1 aliphatic rings. The van der Waals surface area contributed by atoms with Gasteiger partial charge in [-0.1, -0.05) is 37.3 Å². The highest BCUT2D eigenvalue weighted by molar-refractivity contribution is 5.94. The van der Waals surface area contributed by atoms with Crippen molar-refractivity contribution in [3.8, 4) is 0 Å². The average Bonchev–Trinajstić information content (AvgIpc) is 2.34. The summed E-state index contributed by atoms with van der Waals surface area (Å²) >= 11 is 0. The highest BCUT2D eigenvalue weighted by Gasteiger charge is 2.48. The van der Waals surface area contributed by atoms with E-state index in [0.717, 1.165) is 25.8 Å². The maximum Gasteiger partial charge on any atom is 0.153 e. The van der Waals surface area contributed by atoms with Crippen LogP contribution in [0.2, 0.25) is 0 Å². The fraction of sp³-hybridized carbons (Fsp3) is 0.500. The summed E-state index contributed by atoms with van der Waals surface area (Å²) in [6.07, 6.45) is 2.61. The van der Waals surface area contributed by atoms with Crippen molar-refractivity contribution in [2.75, 3.05) is 13.6 Å². The molecule has 0 heterocycles. The first kappa shape index (κ1) is 11.3. The molecule has 0 aliphatic heterocycles. The average molecular weight is 217 g/mol. The highest BCUT2D eigenvalue weighted by atomic mass is 16.1. The topological polar surface area (TPSA) is 20.3 Å². The fourth-order valence-corrected chi connectivity index (χ4v) is 2.48. The number of nitrogens with zero attached hydrogens (tertiary/aromatic N) is 1. The standard InChI is InChI=1S/C14H19NO/c1-3-15(2)14(10-9-13(14)16)11-12-7-5-4-6-8-12/h4-8H,3,9-11H2,1-2H3. The first-order chi connectivity index (χ1) is 7.69. The van der Waals surface area contributed by atoms with Gasteiger partial charge in [-0.2, -0.15) is 0 Å². The Morgan fingerprint density at radius 3 is 2.44 bits per heavy atom. The molecule has 0 aromatic heterocycles. The van der Waals surface area contributed by atoms with Crippen LogP contribution in [-0.4, -0.2) is 29.8 Å². The molecule has 1 unspecified atom stereocenters. The van der Waals surface area contributed by atoms with Gasteiger partial charge < -0.3 is 0 Å². The van der Waals surface area contributed by atoms with Gasteiger partial charge in [0.1, 0.15) is 0 Å². The molecule has 86 valence electrons. The summed E-state index contributed by atoms with van der Waals surface area (Å²) in [4.78, 5) is 14.1. The van der Waals surface area contributed by atoms with E-state index in [0.29, 0.717) is 5.78 Å². The van der Waals surface area contributed by atoms with Gasteiger partial charge in [-0.15, -0.1) is 0 Å². The molecule has 2 rings (SSSR count). The summed E-state index contributed by atoms with van der Waals surface area (Å²) in [7, 11) is 2.06. The molecule has 0 N–H and O–H groups in total. The second kappa shape index (κ2) is 4.38. The van der Waals surface area contributed by atoms with Crippen LogP contribution >= 0.6 is 0 Å². The van der Waals surface area contributed by atoms with Gasteiger partial charge in [0.05, 0.1) is 5.54 Å². The minimum atomic E-state index is -0.212. The van der Waals surface area contributed by atoms with Gasteiger partial charge in [0, 0.05) is 6.42 Å². The molecule has 0 bridgehead atoms. The van der Waals surface area contributed by atoms with Crippen molar-refractivity contribution in [3.05, 3.63) is 35.9 Å². The summed E-state index contributed by atoms with van der Waals surface area (Å²) in [5.41, 5.74) is 1.05. The molecule has 2 heteroatoms. The van der Waals surface area contributed by atoms with Crippen LogP contribution in [-0.2, 0) is 11.2 Å². The number of rotatable bonds is 4. The van der Waals surface area contributed by atoms with E-state index < -0.39 is 0 Å². The van der Waals surface area contributed by atoms with Crippen LogP contribution < -0.4 is 0 Å². The molecule has 0 radical (unpaired) electrons. The lowest BCUT2D eigenvalue weighted by Crippen LogP contribution is -2.60. The minimum absolute atomic E-state index is 0.212. The Hall–Kier alpha value is -1.15. The van der Waals surface area contributed by atoms with Gasteiger partial charge >= 0.3 is 0 Å². The molecule has 1 aromatic carbocycles. The van der Waals surface area contributed by atoms with Crippen LogP contribution in [0.4, 0.5) is 0 Å². The number of hydrogen-bond donors (Lipinski definition) is 0. The van der Waals surface area contributed by atoms with Crippen molar-refractivity contribution < 1.29 is 4.79 Å². The zero-order valence-electron chi connectivity index (χ0n) is 10.1. The Morgan fingerprint density at radius 2 is 2.00 bits per heavy atom. The van der Waals surface area contributed by atoms with Crippen molar-refractivity contribution in [2.24, 2.45) is 0 Å². The van der Waals surface area contributed by atoms with Crippen molar-refractivity contribution in [2.45, 2.75) is 31.7 Å². The lowest BCUT2D eigenvalue weighted by Gasteiger charge is -2.47. The summed E-state index contributed by atoms with van der Waals surface area (Å²) in [6.45, 7) is 3.04. The molecule has 0 spiro atoms. The molecular formula is C14H19NO. The number of ketones is 1. The van der Waals surface area contributed by atoms with Gasteiger partial charge in [-0.3, -0.25) is 9.69 Å². The van der Waals surface area contributed by atoms with E-state index in [2.05, 4.69) is 31.0 Å². The predicted octanol–water partition coefficient (Wildman–Crippen LogP) is 2.28. The Labute approximate surface area is 97.3 Å². The van der Waals surface area contributed by atoms with Crippen LogP contribution in [0, 0.1) is 0 Å². The monoisotopic (exact) mass is 217 g/mol. The SMILES string of the molecule is CCN(C)C1(Cc2ccccc2)CCC1=O. The van der Waals surface area contributed by atoms with Gasteiger partial charge in [0.15, 0.2) is 5.78 Å². The van der Waals surface area contributed by atoms with E-state index in [4.69, 9.17) is 0 Å². The third kappa shape index (κ3) is 1.78. The quantitative estimate of drug-likeness (QED) is 0.771. The Bertz CT molecular complexity index is 374. The first-order valence-corrected chi connectivity index (χ1v) is 5.97. The van der Waals surface area contributed by atoms with E-state index in [1.807, 2.05) is 18.2 Å². The first-order valence-electron chi connectivity index (χ1n) is 5.97. The number of hydrogen-bond acceptors (Lipinski definition) is 2. The van der Waals surface area contributed by atoms with Gasteiger partial charge in [0.2, 0.25) is 0 Å². The van der Waals surface area contributed by atoms with Gasteiger partial charge in [0.25, 0.3) is 0 Å². The van der Waals surface area contributed by atoms with Crippen LogP contribution in [0.25, 0.3) is 0 Å². The molecule has 1 fully saturated rings. The van der Waals surface area contributed by atoms with Crippen LogP contribution in [0.1, 0.15) is 25.3 Å². The van der Waals surface area contributed by atoms with Crippen LogP contribution in [0.15, 0.2) is 30.3 Å². The maximum absolute atomic E-state index is 11.9. The fourth-order valence-electron chi connectivity index (χ4n) is 2.48. The van der Waals surface area contributed by atoms with Crippen molar-refractivity contribution in [1.82, 2.24) is 4.90 Å². The molecule has 0 amide bonds. The molecule has 1 saturated carbocycles. The van der Waals surface area contributed by atoms with Crippen molar-refractivity contribution >= 4 is 5.78 Å². The highest BCUT2D eigenvalue weighted by Crippen LogP contribution is 2.36. The summed E-state index contributed by atoms with van der Waals surface area (Å²) in [5, 5.41) is 0. The second-order valence-electron chi connectivity index (χ2n) is 4.63. The summed E-state index contributed by atoms with van der Waals surface area (Å²) in [5.74, 6) is 0.403. The lowest BCUT2D eigenvalue weighted by molar-refractivity contribution is -0.140. The van der Waals surface area contributed by atoms with E-state index in [-0.39, 0.29) is 5.54 Å². The third-order valence-electron chi connectivity index (χ3n) is 3.83. The number of benzene rings is 1. The van der Waals surface area contributed by atoms with E-state index in [9.17, 15) is 4.79 Å². The molecule has 16 heavy (non-hydrogen) atoms. The van der Waals surface area contributed by atoms with Crippen LogP contribution in [0.5, 0.6) is 0 Å². The Kier molecular flexibility index (Phi) is 3.10.